The molecule has 2 aliphatic rings. The van der Waals surface area contributed by atoms with Crippen molar-refractivity contribution in [1.82, 2.24) is 8.61 Å². The molecular formula is C11H23N3O3S. The lowest BCUT2D eigenvalue weighted by molar-refractivity contribution is 0.00741. The van der Waals surface area contributed by atoms with Crippen LogP contribution in [-0.4, -0.2) is 62.0 Å². The second kappa shape index (κ2) is 5.83. The number of morpholine rings is 1. The number of piperidine rings is 1. The van der Waals surface area contributed by atoms with Gasteiger partial charge in [-0.25, -0.2) is 0 Å². The minimum Gasteiger partial charge on any atom is -0.376 e. The molecule has 0 saturated carbocycles. The van der Waals surface area contributed by atoms with Crippen LogP contribution in [0.2, 0.25) is 0 Å². The molecule has 0 amide bonds. The molecule has 7 heteroatoms. The number of rotatable bonds is 3. The van der Waals surface area contributed by atoms with Gasteiger partial charge in [-0.2, -0.15) is 17.0 Å². The molecular weight excluding hydrogens is 254 g/mol. The molecule has 2 heterocycles. The van der Waals surface area contributed by atoms with E-state index in [1.165, 1.54) is 4.31 Å². The van der Waals surface area contributed by atoms with Gasteiger partial charge in [0.1, 0.15) is 0 Å². The summed E-state index contributed by atoms with van der Waals surface area (Å²) in [5, 5.41) is 0. The van der Waals surface area contributed by atoms with Crippen molar-refractivity contribution in [2.75, 3.05) is 32.8 Å². The smallest absolute Gasteiger partial charge is 0.282 e. The molecule has 18 heavy (non-hydrogen) atoms. The molecule has 0 aromatic heterocycles. The number of ether oxygens (including phenoxy) is 1. The summed E-state index contributed by atoms with van der Waals surface area (Å²) in [6.45, 7) is 4.26. The monoisotopic (exact) mass is 277 g/mol. The van der Waals surface area contributed by atoms with Gasteiger partial charge in [0.05, 0.1) is 12.7 Å². The Labute approximate surface area is 109 Å². The highest BCUT2D eigenvalue weighted by Gasteiger charge is 2.37. The van der Waals surface area contributed by atoms with Gasteiger partial charge >= 0.3 is 0 Å². The molecule has 0 aromatic carbocycles. The minimum absolute atomic E-state index is 0.0327. The topological polar surface area (TPSA) is 75.9 Å². The summed E-state index contributed by atoms with van der Waals surface area (Å²) in [4.78, 5) is 0. The van der Waals surface area contributed by atoms with E-state index in [-0.39, 0.29) is 12.1 Å². The lowest BCUT2D eigenvalue weighted by atomic mass is 10.1. The highest BCUT2D eigenvalue weighted by Crippen LogP contribution is 2.23. The van der Waals surface area contributed by atoms with Crippen LogP contribution in [0.3, 0.4) is 0 Å². The van der Waals surface area contributed by atoms with Gasteiger partial charge in [-0.1, -0.05) is 6.42 Å². The van der Waals surface area contributed by atoms with Gasteiger partial charge in [0.15, 0.2) is 0 Å². The first-order valence-electron chi connectivity index (χ1n) is 6.64. The lowest BCUT2D eigenvalue weighted by Gasteiger charge is -2.39. The summed E-state index contributed by atoms with van der Waals surface area (Å²) in [5.74, 6) is 0. The van der Waals surface area contributed by atoms with Crippen LogP contribution < -0.4 is 5.73 Å². The number of nitrogens with two attached hydrogens (primary N) is 1. The molecule has 2 atom stereocenters. The third-order valence-corrected chi connectivity index (χ3v) is 5.73. The van der Waals surface area contributed by atoms with Crippen LogP contribution in [-0.2, 0) is 14.9 Å². The van der Waals surface area contributed by atoms with Gasteiger partial charge in [-0.3, -0.25) is 0 Å². The Kier molecular flexibility index (Phi) is 4.60. The minimum atomic E-state index is -3.37. The van der Waals surface area contributed by atoms with Gasteiger partial charge in [0, 0.05) is 32.2 Å². The summed E-state index contributed by atoms with van der Waals surface area (Å²) in [7, 11) is -3.37. The Hall–Kier alpha value is -0.210. The van der Waals surface area contributed by atoms with Crippen molar-refractivity contribution in [3.8, 4) is 0 Å². The number of nitrogens with zero attached hydrogens (tertiary/aromatic N) is 2. The van der Waals surface area contributed by atoms with Crippen LogP contribution in [0.25, 0.3) is 0 Å². The number of hydrogen-bond acceptors (Lipinski definition) is 4. The highest BCUT2D eigenvalue weighted by atomic mass is 32.2. The molecule has 2 saturated heterocycles. The van der Waals surface area contributed by atoms with Crippen LogP contribution in [0.5, 0.6) is 0 Å². The Morgan fingerprint density at radius 3 is 2.78 bits per heavy atom. The van der Waals surface area contributed by atoms with Crippen molar-refractivity contribution in [2.45, 2.75) is 38.3 Å². The predicted molar refractivity (Wildman–Crippen MR) is 69.3 cm³/mol. The lowest BCUT2D eigenvalue weighted by Crippen LogP contribution is -2.56. The highest BCUT2D eigenvalue weighted by molar-refractivity contribution is 7.86. The molecule has 0 radical (unpaired) electrons. The standard InChI is InChI=1S/C11H23N3O3S/c1-10-9-13(6-7-17-10)18(15,16)14-5-3-2-4-11(14)8-12/h10-11H,2-9,12H2,1H3/t10-,11-/m0/s1. The average Bonchev–Trinajstić information content (AvgIpc) is 2.38. The Morgan fingerprint density at radius 2 is 2.11 bits per heavy atom. The first kappa shape index (κ1) is 14.2. The van der Waals surface area contributed by atoms with Crippen LogP contribution in [0.15, 0.2) is 0 Å². The van der Waals surface area contributed by atoms with Crippen molar-refractivity contribution in [3.63, 3.8) is 0 Å². The SMILES string of the molecule is C[C@H]1CN(S(=O)(=O)N2CCCC[C@H]2CN)CCO1. The molecule has 0 unspecified atom stereocenters. The molecule has 0 spiro atoms. The quantitative estimate of drug-likeness (QED) is 0.773. The molecule has 0 aliphatic carbocycles. The van der Waals surface area contributed by atoms with E-state index in [2.05, 4.69) is 0 Å². The molecule has 2 aliphatic heterocycles. The van der Waals surface area contributed by atoms with Crippen LogP contribution in [0, 0.1) is 0 Å². The third kappa shape index (κ3) is 2.85. The van der Waals surface area contributed by atoms with Gasteiger partial charge in [-0.15, -0.1) is 0 Å². The fourth-order valence-corrected chi connectivity index (χ4v) is 4.59. The van der Waals surface area contributed by atoms with E-state index < -0.39 is 10.2 Å². The largest absolute Gasteiger partial charge is 0.376 e. The van der Waals surface area contributed by atoms with E-state index in [0.717, 1.165) is 19.3 Å². The molecule has 0 aromatic rings. The Morgan fingerprint density at radius 1 is 1.33 bits per heavy atom. The summed E-state index contributed by atoms with van der Waals surface area (Å²) in [6, 6.07) is -0.0399. The maximum absolute atomic E-state index is 12.6. The predicted octanol–water partition coefficient (Wildman–Crippen LogP) is -0.235. The van der Waals surface area contributed by atoms with Gasteiger partial charge in [-0.05, 0) is 19.8 Å². The van der Waals surface area contributed by atoms with Crippen molar-refractivity contribution in [1.29, 1.82) is 0 Å². The molecule has 106 valence electrons. The maximum atomic E-state index is 12.6. The summed E-state index contributed by atoms with van der Waals surface area (Å²) in [6.07, 6.45) is 2.83. The fraction of sp³-hybridized carbons (Fsp3) is 1.00. The van der Waals surface area contributed by atoms with E-state index in [0.29, 0.717) is 32.8 Å². The summed E-state index contributed by atoms with van der Waals surface area (Å²) < 4.78 is 33.7. The molecule has 0 bridgehead atoms. The van der Waals surface area contributed by atoms with E-state index in [1.807, 2.05) is 6.92 Å². The van der Waals surface area contributed by atoms with Crippen molar-refractivity contribution in [2.24, 2.45) is 5.73 Å². The first-order valence-corrected chi connectivity index (χ1v) is 8.04. The van der Waals surface area contributed by atoms with Crippen LogP contribution in [0.4, 0.5) is 0 Å². The molecule has 2 N–H and O–H groups in total. The third-order valence-electron chi connectivity index (χ3n) is 3.67. The zero-order chi connectivity index (χ0) is 13.2. The first-order chi connectivity index (χ1) is 8.55. The molecule has 2 fully saturated rings. The second-order valence-electron chi connectivity index (χ2n) is 5.04. The van der Waals surface area contributed by atoms with Gasteiger partial charge < -0.3 is 10.5 Å². The van der Waals surface area contributed by atoms with Crippen LogP contribution in [0.1, 0.15) is 26.2 Å². The van der Waals surface area contributed by atoms with Crippen molar-refractivity contribution < 1.29 is 13.2 Å². The normalized spacial score (nSPS) is 32.6. The van der Waals surface area contributed by atoms with E-state index in [4.69, 9.17) is 10.5 Å². The second-order valence-corrected chi connectivity index (χ2v) is 6.92. The van der Waals surface area contributed by atoms with Crippen molar-refractivity contribution in [3.05, 3.63) is 0 Å². The van der Waals surface area contributed by atoms with Crippen LogP contribution >= 0.6 is 0 Å². The zero-order valence-corrected chi connectivity index (χ0v) is 11.7. The maximum Gasteiger partial charge on any atom is 0.282 e. The zero-order valence-electron chi connectivity index (χ0n) is 10.9. The molecule has 2 rings (SSSR count). The van der Waals surface area contributed by atoms with E-state index in [1.54, 1.807) is 4.31 Å². The number of hydrogen-bond donors (Lipinski definition) is 1. The van der Waals surface area contributed by atoms with E-state index in [9.17, 15) is 8.42 Å². The fourth-order valence-electron chi connectivity index (χ4n) is 2.66. The average molecular weight is 277 g/mol. The van der Waals surface area contributed by atoms with Gasteiger partial charge in [0.2, 0.25) is 0 Å². The summed E-state index contributed by atoms with van der Waals surface area (Å²) >= 11 is 0. The van der Waals surface area contributed by atoms with Crippen molar-refractivity contribution >= 4 is 10.2 Å². The molecule has 6 nitrogen and oxygen atoms in total. The summed E-state index contributed by atoms with van der Waals surface area (Å²) in [5.41, 5.74) is 5.70. The van der Waals surface area contributed by atoms with E-state index >= 15 is 0 Å². The Balaban J connectivity index is 2.13. The Bertz CT molecular complexity index is 374. The van der Waals surface area contributed by atoms with Gasteiger partial charge in [0.25, 0.3) is 10.2 Å².